The van der Waals surface area contributed by atoms with Gasteiger partial charge in [-0.2, -0.15) is 11.8 Å². The lowest BCUT2D eigenvalue weighted by Crippen LogP contribution is -2.57. The fourth-order valence-electron chi connectivity index (χ4n) is 7.95. The van der Waals surface area contributed by atoms with Crippen molar-refractivity contribution in [2.45, 2.75) is 86.8 Å². The summed E-state index contributed by atoms with van der Waals surface area (Å²) < 4.78 is 21.6. The van der Waals surface area contributed by atoms with E-state index < -0.39 is 29.8 Å². The Kier molecular flexibility index (Phi) is 23.8. The van der Waals surface area contributed by atoms with E-state index in [1.807, 2.05) is 23.7 Å². The average Bonchev–Trinajstić information content (AvgIpc) is 4.16. The number of fused-ring (bicyclic) bond motifs is 1. The van der Waals surface area contributed by atoms with Crippen LogP contribution in [0.15, 0.2) is 36.8 Å². The number of nitrogens with one attached hydrogen (secondary N) is 9. The van der Waals surface area contributed by atoms with Crippen molar-refractivity contribution in [3.8, 4) is 5.75 Å². The van der Waals surface area contributed by atoms with Crippen LogP contribution in [0.3, 0.4) is 0 Å². The molecular formula is C45H69N11O12S. The van der Waals surface area contributed by atoms with E-state index in [9.17, 15) is 38.7 Å². The number of likely N-dealkylation sites (N-methyl/N-ethyl adjacent to an activating group) is 1. The molecule has 0 aliphatic carbocycles. The van der Waals surface area contributed by atoms with E-state index in [2.05, 4.69) is 52.5 Å². The van der Waals surface area contributed by atoms with Gasteiger partial charge in [0.1, 0.15) is 31.0 Å². The summed E-state index contributed by atoms with van der Waals surface area (Å²) in [4.78, 5) is 97.3. The maximum atomic E-state index is 13.7. The van der Waals surface area contributed by atoms with Crippen LogP contribution in [0.25, 0.3) is 0 Å². The minimum absolute atomic E-state index is 0.0263. The normalized spacial score (nSPS) is 19.4. The number of rotatable bonds is 33. The Morgan fingerprint density at radius 2 is 1.43 bits per heavy atom. The molecule has 0 radical (unpaired) electrons. The Morgan fingerprint density at radius 1 is 0.783 bits per heavy atom. The van der Waals surface area contributed by atoms with Crippen molar-refractivity contribution in [1.29, 1.82) is 0 Å². The fraction of sp³-hybridized carbons (Fsp3) is 0.644. The molecule has 8 amide bonds. The van der Waals surface area contributed by atoms with Crippen LogP contribution in [-0.2, 0) is 60.6 Å². The van der Waals surface area contributed by atoms with Crippen LogP contribution in [0, 0.1) is 0 Å². The number of benzene rings is 1. The summed E-state index contributed by atoms with van der Waals surface area (Å²) in [6.45, 7) is 2.51. The molecule has 10 N–H and O–H groups in total. The Morgan fingerprint density at radius 3 is 2.10 bits per heavy atom. The second-order valence-corrected chi connectivity index (χ2v) is 18.2. The van der Waals surface area contributed by atoms with Gasteiger partial charge in [0.15, 0.2) is 0 Å². The zero-order chi connectivity index (χ0) is 49.2. The van der Waals surface area contributed by atoms with Gasteiger partial charge in [0.05, 0.1) is 64.1 Å². The summed E-state index contributed by atoms with van der Waals surface area (Å²) in [6.07, 6.45) is 7.89. The van der Waals surface area contributed by atoms with Crippen molar-refractivity contribution < 1.29 is 57.6 Å². The molecule has 3 fully saturated rings. The Labute approximate surface area is 406 Å². The predicted octanol–water partition coefficient (Wildman–Crippen LogP) is -1.78. The number of nitrogens with zero attached hydrogens (tertiary/aromatic N) is 2. The number of aromatic amines is 1. The first kappa shape index (κ1) is 54.4. The van der Waals surface area contributed by atoms with Crippen molar-refractivity contribution in [3.05, 3.63) is 48.0 Å². The second kappa shape index (κ2) is 30.2. The number of hydrogen-bond donors (Lipinski definition) is 10. The number of ether oxygens (including phenoxy) is 4. The molecule has 69 heavy (non-hydrogen) atoms. The summed E-state index contributed by atoms with van der Waals surface area (Å²) in [6, 6.07) is 4.11. The number of amides is 8. The minimum atomic E-state index is -1.05. The van der Waals surface area contributed by atoms with Gasteiger partial charge in [-0.3, -0.25) is 33.7 Å². The van der Waals surface area contributed by atoms with E-state index in [1.54, 1.807) is 18.3 Å². The third-order valence-corrected chi connectivity index (χ3v) is 13.1. The smallest absolute Gasteiger partial charge is 0.315 e. The molecule has 382 valence electrons. The maximum Gasteiger partial charge on any atom is 0.315 e. The summed E-state index contributed by atoms with van der Waals surface area (Å²) in [5.74, 6) is -1.13. The molecule has 5 rings (SSSR count). The molecule has 3 aliphatic heterocycles. The Balaban J connectivity index is 0.847. The number of likely N-dealkylation sites (tertiary alicyclic amines) is 1. The highest BCUT2D eigenvalue weighted by Gasteiger charge is 2.42. The summed E-state index contributed by atoms with van der Waals surface area (Å²) >= 11 is 1.87. The summed E-state index contributed by atoms with van der Waals surface area (Å²) in [7, 11) is 1.86. The van der Waals surface area contributed by atoms with Crippen molar-refractivity contribution in [2.24, 2.45) is 0 Å². The molecule has 23 nitrogen and oxygen atoms in total. The monoisotopic (exact) mass is 987 g/mol. The highest BCUT2D eigenvalue weighted by atomic mass is 32.2. The number of phenols is 1. The van der Waals surface area contributed by atoms with E-state index in [-0.39, 0.29) is 126 Å². The number of aromatic hydroxyl groups is 1. The molecule has 0 unspecified atom stereocenters. The highest BCUT2D eigenvalue weighted by molar-refractivity contribution is 8.00. The van der Waals surface area contributed by atoms with E-state index in [0.29, 0.717) is 42.5 Å². The average molecular weight is 988 g/mol. The molecule has 0 saturated carbocycles. The highest BCUT2D eigenvalue weighted by Crippen LogP contribution is 2.33. The second-order valence-electron chi connectivity index (χ2n) is 17.0. The molecule has 24 heteroatoms. The molecule has 2 aromatic rings. The van der Waals surface area contributed by atoms with Crippen molar-refractivity contribution in [2.75, 3.05) is 98.4 Å². The minimum Gasteiger partial charge on any atom is -0.508 e. The first-order chi connectivity index (χ1) is 33.4. The number of thioether (sulfide) groups is 1. The number of H-pyrrole nitrogens is 1. The molecule has 1 aromatic heterocycles. The van der Waals surface area contributed by atoms with E-state index in [0.717, 1.165) is 38.0 Å². The topological polar surface area (TPSA) is 305 Å². The third-order valence-electron chi connectivity index (χ3n) is 11.6. The van der Waals surface area contributed by atoms with E-state index in [4.69, 9.17) is 18.9 Å². The van der Waals surface area contributed by atoms with Crippen LogP contribution in [0.2, 0.25) is 0 Å². The number of carbonyl (C=O) groups is 7. The lowest BCUT2D eigenvalue weighted by atomic mass is 10.0. The first-order valence-electron chi connectivity index (χ1n) is 23.6. The molecule has 0 bridgehead atoms. The maximum absolute atomic E-state index is 13.7. The first-order valence-corrected chi connectivity index (χ1v) is 24.6. The van der Waals surface area contributed by atoms with Gasteiger partial charge >= 0.3 is 6.03 Å². The van der Waals surface area contributed by atoms with Gasteiger partial charge in [0, 0.05) is 68.3 Å². The van der Waals surface area contributed by atoms with Crippen molar-refractivity contribution in [3.63, 3.8) is 0 Å². The van der Waals surface area contributed by atoms with Gasteiger partial charge < -0.3 is 71.6 Å². The molecule has 1 aromatic carbocycles. The Hall–Kier alpha value is -5.53. The molecule has 0 spiro atoms. The fourth-order valence-corrected chi connectivity index (χ4v) is 9.50. The number of imidazole rings is 1. The molecule has 4 heterocycles. The summed E-state index contributed by atoms with van der Waals surface area (Å²) in [5, 5.41) is 32.7. The van der Waals surface area contributed by atoms with Gasteiger partial charge in [0.2, 0.25) is 35.4 Å². The van der Waals surface area contributed by atoms with E-state index >= 15 is 0 Å². The van der Waals surface area contributed by atoms with Crippen molar-refractivity contribution in [1.82, 2.24) is 57.4 Å². The molecule has 3 aliphatic rings. The number of aromatic nitrogens is 2. The van der Waals surface area contributed by atoms with Gasteiger partial charge in [-0.05, 0) is 57.0 Å². The van der Waals surface area contributed by atoms with Crippen LogP contribution < -0.4 is 42.5 Å². The molecular weight excluding hydrogens is 919 g/mol. The van der Waals surface area contributed by atoms with Crippen LogP contribution in [0.4, 0.5) is 4.79 Å². The number of unbranched alkanes of at least 4 members (excludes halogenated alkanes) is 1. The number of phenolic OH excluding ortho intramolecular Hbond substituents is 1. The third kappa shape index (κ3) is 20.2. The Bertz CT molecular complexity index is 1930. The lowest BCUT2D eigenvalue weighted by molar-refractivity contribution is -0.133. The summed E-state index contributed by atoms with van der Waals surface area (Å²) in [5.41, 5.74) is 1.30. The van der Waals surface area contributed by atoms with Gasteiger partial charge in [-0.15, -0.1) is 0 Å². The zero-order valence-corrected chi connectivity index (χ0v) is 40.0. The number of urea groups is 1. The lowest BCUT2D eigenvalue weighted by Gasteiger charge is -2.25. The van der Waals surface area contributed by atoms with E-state index in [1.165, 1.54) is 18.5 Å². The van der Waals surface area contributed by atoms with Crippen LogP contribution in [-0.4, -0.2) is 195 Å². The van der Waals surface area contributed by atoms with Crippen molar-refractivity contribution >= 4 is 53.2 Å². The molecule has 3 saturated heterocycles. The van der Waals surface area contributed by atoms with Gasteiger partial charge in [0.25, 0.3) is 0 Å². The van der Waals surface area contributed by atoms with Gasteiger partial charge in [-0.1, -0.05) is 18.6 Å². The SMILES string of the molecule is CN1CCC[C@H]1C(=O)N[C@@H](Cc1cnc[nH]1)C(=O)N[C@@H](Cc1ccc(O)cc1)C(=O)NCCNC(=O)COCCOCCNC(=O)COCCOCCNC(=O)CCCC[C@@H]1SC[C@@H]2NC(=O)N[C@@H]21. The number of carbonyl (C=O) groups excluding carboxylic acids is 7. The quantitative estimate of drug-likeness (QED) is 0.0280. The van der Waals surface area contributed by atoms with Crippen LogP contribution in [0.5, 0.6) is 5.75 Å². The van der Waals surface area contributed by atoms with Crippen LogP contribution >= 0.6 is 11.8 Å². The molecule has 6 atom stereocenters. The largest absolute Gasteiger partial charge is 0.508 e. The van der Waals surface area contributed by atoms with Crippen LogP contribution in [0.1, 0.15) is 49.8 Å². The zero-order valence-electron chi connectivity index (χ0n) is 39.2. The predicted molar refractivity (Wildman–Crippen MR) is 253 cm³/mol. The standard InChI is InChI=1S/C45H69N11O12S/c1-56-16-4-5-36(56)44(63)53-34(24-31-25-46-29-51-31)43(62)52-33(23-30-8-10-32(57)11-9-30)42(61)50-13-12-47-39(59)26-67-21-20-66-18-15-49-40(60)27-68-22-19-65-17-14-48-38(58)7-3-2-6-37-41-35(28-69-37)54-45(64)55-41/h8-11,25,29,33-37,41,57H,2-7,12-24,26-28H2,1H3,(H,46,51)(H,47,59)(H,48,58)(H,49,60)(H,50,61)(H,52,62)(H,53,63)(H2,54,55,64)/t33-,34-,35-,36-,37-,41-/m0/s1. The number of hydrogen-bond acceptors (Lipinski definition) is 15. The van der Waals surface area contributed by atoms with Gasteiger partial charge in [-0.25, -0.2) is 9.78 Å².